The minimum atomic E-state index is -0.730. The lowest BCUT2D eigenvalue weighted by atomic mass is 9.86. The fourth-order valence-corrected chi connectivity index (χ4v) is 4.27. The van der Waals surface area contributed by atoms with Gasteiger partial charge in [0.15, 0.2) is 0 Å². The summed E-state index contributed by atoms with van der Waals surface area (Å²) in [4.78, 5) is 27.2. The number of carbonyl (C=O) groups is 2. The topological polar surface area (TPSA) is 49.4 Å². The molecule has 5 heteroatoms. The van der Waals surface area contributed by atoms with E-state index in [1.807, 2.05) is 31.2 Å². The Hall–Kier alpha value is -1.55. The number of likely N-dealkylation sites (tertiary alicyclic amines) is 1. The summed E-state index contributed by atoms with van der Waals surface area (Å²) in [5.41, 5.74) is 0.394. The second-order valence-corrected chi connectivity index (χ2v) is 8.56. The summed E-state index contributed by atoms with van der Waals surface area (Å²) in [7, 11) is 0. The third kappa shape index (κ3) is 4.22. The van der Waals surface area contributed by atoms with Gasteiger partial charge >= 0.3 is 0 Å². The highest BCUT2D eigenvalue weighted by Gasteiger charge is 2.47. The van der Waals surface area contributed by atoms with E-state index in [1.54, 1.807) is 4.90 Å². The maximum absolute atomic E-state index is 13.0. The Bertz CT molecular complexity index is 652. The lowest BCUT2D eigenvalue weighted by molar-refractivity contribution is -0.141. The predicted molar refractivity (Wildman–Crippen MR) is 104 cm³/mol. The average Bonchev–Trinajstić information content (AvgIpc) is 2.92. The van der Waals surface area contributed by atoms with Gasteiger partial charge in [-0.2, -0.15) is 0 Å². The standard InChI is InChI=1S/C21H29ClN2O2/c1-15-3-9-18(10-4-15)23-20(26)21(2)13-11-19(25)24(21)14-12-16-5-7-17(22)8-6-16/h5-8,15,18H,3-4,9-14H2,1-2H3,(H,23,26)/t15?,18?,21-/m1/s1. The normalized spacial score (nSPS) is 29.0. The number of nitrogens with zero attached hydrogens (tertiary/aromatic N) is 1. The van der Waals surface area contributed by atoms with Crippen LogP contribution in [-0.4, -0.2) is 34.8 Å². The molecule has 1 aliphatic heterocycles. The van der Waals surface area contributed by atoms with Crippen LogP contribution >= 0.6 is 11.6 Å². The van der Waals surface area contributed by atoms with Crippen LogP contribution in [0, 0.1) is 5.92 Å². The lowest BCUT2D eigenvalue weighted by Crippen LogP contribution is -2.57. The van der Waals surface area contributed by atoms with Crippen molar-refractivity contribution in [2.24, 2.45) is 5.92 Å². The summed E-state index contributed by atoms with van der Waals surface area (Å²) in [5, 5.41) is 3.93. The Morgan fingerprint density at radius 2 is 1.88 bits per heavy atom. The van der Waals surface area contributed by atoms with Gasteiger partial charge in [-0.1, -0.05) is 30.7 Å². The summed E-state index contributed by atoms with van der Waals surface area (Å²) in [6.07, 6.45) is 6.20. The third-order valence-electron chi connectivity index (χ3n) is 6.10. The minimum Gasteiger partial charge on any atom is -0.351 e. The van der Waals surface area contributed by atoms with Crippen molar-refractivity contribution in [1.82, 2.24) is 10.2 Å². The molecule has 0 unspecified atom stereocenters. The minimum absolute atomic E-state index is 0.0130. The van der Waals surface area contributed by atoms with Gasteiger partial charge < -0.3 is 10.2 Å². The number of hydrogen-bond donors (Lipinski definition) is 1. The molecule has 1 atom stereocenters. The highest BCUT2D eigenvalue weighted by Crippen LogP contribution is 2.32. The first kappa shape index (κ1) is 19.2. The van der Waals surface area contributed by atoms with Gasteiger partial charge in [0.25, 0.3) is 0 Å². The van der Waals surface area contributed by atoms with Crippen molar-refractivity contribution in [2.45, 2.75) is 70.4 Å². The molecule has 1 heterocycles. The SMILES string of the molecule is CC1CCC(NC(=O)[C@@]2(C)CCC(=O)N2CCc2ccc(Cl)cc2)CC1. The largest absolute Gasteiger partial charge is 0.351 e. The molecule has 0 spiro atoms. The van der Waals surface area contributed by atoms with Crippen molar-refractivity contribution in [1.29, 1.82) is 0 Å². The molecular formula is C21H29ClN2O2. The highest BCUT2D eigenvalue weighted by molar-refractivity contribution is 6.30. The van der Waals surface area contributed by atoms with Crippen molar-refractivity contribution >= 4 is 23.4 Å². The molecule has 0 bridgehead atoms. The molecule has 1 saturated carbocycles. The zero-order chi connectivity index (χ0) is 18.7. The van der Waals surface area contributed by atoms with Crippen molar-refractivity contribution in [3.63, 3.8) is 0 Å². The number of carbonyl (C=O) groups excluding carboxylic acids is 2. The molecule has 2 amide bonds. The van der Waals surface area contributed by atoms with Gasteiger partial charge in [0.2, 0.25) is 11.8 Å². The molecule has 3 rings (SSSR count). The molecule has 142 valence electrons. The lowest BCUT2D eigenvalue weighted by Gasteiger charge is -2.36. The van der Waals surface area contributed by atoms with Crippen molar-refractivity contribution in [3.05, 3.63) is 34.9 Å². The summed E-state index contributed by atoms with van der Waals surface area (Å²) in [6, 6.07) is 7.92. The molecule has 1 N–H and O–H groups in total. The van der Waals surface area contributed by atoms with Crippen molar-refractivity contribution in [2.75, 3.05) is 6.54 Å². The number of nitrogens with one attached hydrogen (secondary N) is 1. The molecule has 1 aromatic carbocycles. The Morgan fingerprint density at radius 3 is 2.54 bits per heavy atom. The Labute approximate surface area is 161 Å². The molecule has 1 saturated heterocycles. The summed E-state index contributed by atoms with van der Waals surface area (Å²) in [6.45, 7) is 4.75. The molecule has 0 radical (unpaired) electrons. The van der Waals surface area contributed by atoms with E-state index >= 15 is 0 Å². The molecule has 26 heavy (non-hydrogen) atoms. The van der Waals surface area contributed by atoms with E-state index in [1.165, 1.54) is 12.8 Å². The fourth-order valence-electron chi connectivity index (χ4n) is 4.14. The van der Waals surface area contributed by atoms with E-state index in [0.717, 1.165) is 30.7 Å². The van der Waals surface area contributed by atoms with Gasteiger partial charge in [-0.05, 0) is 69.1 Å². The highest BCUT2D eigenvalue weighted by atomic mass is 35.5. The van der Waals surface area contributed by atoms with Gasteiger partial charge in [-0.25, -0.2) is 0 Å². The second-order valence-electron chi connectivity index (χ2n) is 8.13. The van der Waals surface area contributed by atoms with E-state index in [2.05, 4.69) is 12.2 Å². The van der Waals surface area contributed by atoms with Crippen LogP contribution < -0.4 is 5.32 Å². The van der Waals surface area contributed by atoms with E-state index in [-0.39, 0.29) is 17.9 Å². The van der Waals surface area contributed by atoms with Gasteiger partial charge in [0, 0.05) is 24.0 Å². The van der Waals surface area contributed by atoms with Crippen molar-refractivity contribution in [3.8, 4) is 0 Å². The molecule has 2 fully saturated rings. The van der Waals surface area contributed by atoms with Crippen LogP contribution in [0.5, 0.6) is 0 Å². The second kappa shape index (κ2) is 7.99. The average molecular weight is 377 g/mol. The summed E-state index contributed by atoms with van der Waals surface area (Å²) in [5.74, 6) is 0.843. The Balaban J connectivity index is 1.62. The van der Waals surface area contributed by atoms with Crippen LogP contribution in [-0.2, 0) is 16.0 Å². The zero-order valence-electron chi connectivity index (χ0n) is 15.8. The van der Waals surface area contributed by atoms with Crippen LogP contribution in [0.3, 0.4) is 0 Å². The van der Waals surface area contributed by atoms with Crippen LogP contribution in [0.1, 0.15) is 57.9 Å². The smallest absolute Gasteiger partial charge is 0.245 e. The van der Waals surface area contributed by atoms with Gasteiger partial charge in [-0.15, -0.1) is 0 Å². The van der Waals surface area contributed by atoms with Crippen LogP contribution in [0.15, 0.2) is 24.3 Å². The predicted octanol–water partition coefficient (Wildman–Crippen LogP) is 3.96. The first-order valence-corrected chi connectivity index (χ1v) is 10.1. The quantitative estimate of drug-likeness (QED) is 0.845. The molecule has 1 aliphatic carbocycles. The van der Waals surface area contributed by atoms with Crippen molar-refractivity contribution < 1.29 is 9.59 Å². The summed E-state index contributed by atoms with van der Waals surface area (Å²) >= 11 is 5.93. The molecular weight excluding hydrogens is 348 g/mol. The van der Waals surface area contributed by atoms with Crippen LogP contribution in [0.4, 0.5) is 0 Å². The van der Waals surface area contributed by atoms with E-state index in [4.69, 9.17) is 11.6 Å². The van der Waals surface area contributed by atoms with Crippen LogP contribution in [0.25, 0.3) is 0 Å². The molecule has 4 nitrogen and oxygen atoms in total. The maximum Gasteiger partial charge on any atom is 0.245 e. The van der Waals surface area contributed by atoms with Gasteiger partial charge in [0.1, 0.15) is 5.54 Å². The maximum atomic E-state index is 13.0. The zero-order valence-corrected chi connectivity index (χ0v) is 16.5. The molecule has 0 aromatic heterocycles. The number of rotatable bonds is 5. The van der Waals surface area contributed by atoms with Gasteiger partial charge in [-0.3, -0.25) is 9.59 Å². The first-order chi connectivity index (χ1) is 12.4. The van der Waals surface area contributed by atoms with E-state index < -0.39 is 5.54 Å². The molecule has 1 aromatic rings. The summed E-state index contributed by atoms with van der Waals surface area (Å²) < 4.78 is 0. The van der Waals surface area contributed by atoms with Crippen LogP contribution in [0.2, 0.25) is 5.02 Å². The number of amides is 2. The number of benzene rings is 1. The van der Waals surface area contributed by atoms with E-state index in [9.17, 15) is 9.59 Å². The monoisotopic (exact) mass is 376 g/mol. The fraction of sp³-hybridized carbons (Fsp3) is 0.619. The third-order valence-corrected chi connectivity index (χ3v) is 6.35. The Kier molecular flexibility index (Phi) is 5.91. The number of hydrogen-bond acceptors (Lipinski definition) is 2. The first-order valence-electron chi connectivity index (χ1n) is 9.74. The number of halogens is 1. The van der Waals surface area contributed by atoms with E-state index in [0.29, 0.717) is 24.4 Å². The van der Waals surface area contributed by atoms with Gasteiger partial charge in [0.05, 0.1) is 0 Å². The Morgan fingerprint density at radius 1 is 1.23 bits per heavy atom. The molecule has 2 aliphatic rings.